The maximum absolute atomic E-state index is 4.89. The molecule has 0 aliphatic carbocycles. The van der Waals surface area contributed by atoms with E-state index in [1.807, 2.05) is 13.1 Å². The van der Waals surface area contributed by atoms with Gasteiger partial charge in [-0.3, -0.25) is 0 Å². The molecule has 2 rings (SSSR count). The Bertz CT molecular complexity index is 626. The van der Waals surface area contributed by atoms with Crippen molar-refractivity contribution in [3.8, 4) is 0 Å². The second-order valence-electron chi connectivity index (χ2n) is 6.26. The normalized spacial score (nSPS) is 11.6. The van der Waals surface area contributed by atoms with E-state index >= 15 is 0 Å². The first kappa shape index (κ1) is 15.5. The van der Waals surface area contributed by atoms with Gasteiger partial charge in [0.05, 0.1) is 5.69 Å². The molecule has 0 atom stereocenters. The highest BCUT2D eigenvalue weighted by atomic mass is 15.2. The predicted octanol–water partition coefficient (Wildman–Crippen LogP) is 3.75. The molecule has 112 valence electrons. The van der Waals surface area contributed by atoms with Crippen molar-refractivity contribution in [3.05, 3.63) is 48.7 Å². The summed E-state index contributed by atoms with van der Waals surface area (Å²) in [4.78, 5) is 7.20. The minimum atomic E-state index is -0.0117. The maximum atomic E-state index is 4.89. The highest BCUT2D eigenvalue weighted by Gasteiger charge is 2.23. The summed E-state index contributed by atoms with van der Waals surface area (Å²) in [6.45, 7) is 12.1. The van der Waals surface area contributed by atoms with E-state index in [1.54, 1.807) is 0 Å². The predicted molar refractivity (Wildman–Crippen MR) is 91.8 cm³/mol. The summed E-state index contributed by atoms with van der Waals surface area (Å²) < 4.78 is 0. The Labute approximate surface area is 127 Å². The minimum Gasteiger partial charge on any atom is -0.348 e. The second-order valence-corrected chi connectivity index (χ2v) is 6.26. The highest BCUT2D eigenvalue weighted by molar-refractivity contribution is 5.93. The topological polar surface area (TPSA) is 28.2 Å². The average molecular weight is 283 g/mol. The van der Waals surface area contributed by atoms with Crippen molar-refractivity contribution in [1.29, 1.82) is 0 Å². The molecule has 0 aliphatic heterocycles. The molecule has 0 spiro atoms. The zero-order chi connectivity index (χ0) is 15.5. The fourth-order valence-electron chi connectivity index (χ4n) is 2.52. The van der Waals surface area contributed by atoms with Crippen molar-refractivity contribution in [3.63, 3.8) is 0 Å². The Hall–Kier alpha value is -1.87. The van der Waals surface area contributed by atoms with E-state index in [9.17, 15) is 0 Å². The maximum Gasteiger partial charge on any atom is 0.137 e. The van der Waals surface area contributed by atoms with Crippen molar-refractivity contribution in [1.82, 2.24) is 10.3 Å². The lowest BCUT2D eigenvalue weighted by Crippen LogP contribution is -2.42. The molecule has 0 fully saturated rings. The van der Waals surface area contributed by atoms with Gasteiger partial charge < -0.3 is 10.2 Å². The van der Waals surface area contributed by atoms with Gasteiger partial charge in [-0.2, -0.15) is 0 Å². The van der Waals surface area contributed by atoms with Crippen LogP contribution in [0.3, 0.4) is 0 Å². The molecule has 0 amide bonds. The third kappa shape index (κ3) is 3.42. The summed E-state index contributed by atoms with van der Waals surface area (Å²) in [5.41, 5.74) is 1.05. The number of nitrogens with zero attached hydrogens (tertiary/aromatic N) is 2. The zero-order valence-electron chi connectivity index (χ0n) is 13.5. The van der Waals surface area contributed by atoms with Crippen molar-refractivity contribution >= 4 is 16.6 Å². The van der Waals surface area contributed by atoms with Crippen LogP contribution in [0.2, 0.25) is 0 Å². The smallest absolute Gasteiger partial charge is 0.137 e. The van der Waals surface area contributed by atoms with Crippen LogP contribution < -0.4 is 10.2 Å². The lowest BCUT2D eigenvalue weighted by Gasteiger charge is -2.37. The van der Waals surface area contributed by atoms with Gasteiger partial charge in [0, 0.05) is 24.0 Å². The Morgan fingerprint density at radius 1 is 1.29 bits per heavy atom. The van der Waals surface area contributed by atoms with E-state index in [-0.39, 0.29) is 5.54 Å². The zero-order valence-corrected chi connectivity index (χ0v) is 13.5. The molecule has 2 aromatic rings. The summed E-state index contributed by atoms with van der Waals surface area (Å²) in [6, 6.07) is 10.6. The van der Waals surface area contributed by atoms with Crippen LogP contribution in [0.25, 0.3) is 10.8 Å². The third-order valence-corrected chi connectivity index (χ3v) is 3.51. The van der Waals surface area contributed by atoms with Crippen LogP contribution in [0.4, 0.5) is 5.82 Å². The monoisotopic (exact) mass is 283 g/mol. The first-order chi connectivity index (χ1) is 9.97. The number of rotatable bonds is 5. The van der Waals surface area contributed by atoms with Crippen LogP contribution >= 0.6 is 0 Å². The van der Waals surface area contributed by atoms with E-state index in [2.05, 4.69) is 67.9 Å². The number of hydrogen-bond acceptors (Lipinski definition) is 3. The largest absolute Gasteiger partial charge is 0.348 e. The molecule has 1 heterocycles. The highest BCUT2D eigenvalue weighted by Crippen LogP contribution is 2.30. The van der Waals surface area contributed by atoms with Crippen molar-refractivity contribution in [2.45, 2.75) is 32.9 Å². The summed E-state index contributed by atoms with van der Waals surface area (Å²) in [7, 11) is 1.95. The van der Waals surface area contributed by atoms with Crippen LogP contribution in [0, 0.1) is 0 Å². The Balaban J connectivity index is 2.66. The van der Waals surface area contributed by atoms with E-state index in [0.717, 1.165) is 24.6 Å². The minimum absolute atomic E-state index is 0.0117. The second kappa shape index (κ2) is 6.27. The molecule has 0 saturated heterocycles. The number of benzene rings is 1. The van der Waals surface area contributed by atoms with E-state index < -0.39 is 0 Å². The third-order valence-electron chi connectivity index (χ3n) is 3.51. The summed E-state index contributed by atoms with van der Waals surface area (Å²) >= 11 is 0. The molecule has 0 saturated carbocycles. The van der Waals surface area contributed by atoms with Crippen molar-refractivity contribution < 1.29 is 0 Å². The quantitative estimate of drug-likeness (QED) is 0.847. The number of hydrogen-bond donors (Lipinski definition) is 1. The Morgan fingerprint density at radius 2 is 2.00 bits per heavy atom. The average Bonchev–Trinajstić information content (AvgIpc) is 2.43. The van der Waals surface area contributed by atoms with Gasteiger partial charge in [0.1, 0.15) is 5.82 Å². The van der Waals surface area contributed by atoms with Gasteiger partial charge >= 0.3 is 0 Å². The SMILES string of the molecule is C=CCN(c1nc(CNC)cc2ccccc12)C(C)(C)C. The van der Waals surface area contributed by atoms with E-state index in [1.165, 1.54) is 10.8 Å². The first-order valence-corrected chi connectivity index (χ1v) is 7.39. The molecule has 21 heavy (non-hydrogen) atoms. The molecular formula is C18H25N3. The van der Waals surface area contributed by atoms with Crippen LogP contribution in [-0.2, 0) is 6.54 Å². The summed E-state index contributed by atoms with van der Waals surface area (Å²) in [5, 5.41) is 5.60. The Morgan fingerprint density at radius 3 is 2.62 bits per heavy atom. The lowest BCUT2D eigenvalue weighted by atomic mass is 10.0. The molecular weight excluding hydrogens is 258 g/mol. The van der Waals surface area contributed by atoms with Crippen molar-refractivity contribution in [2.75, 3.05) is 18.5 Å². The fraction of sp³-hybridized carbons (Fsp3) is 0.389. The number of pyridine rings is 1. The van der Waals surface area contributed by atoms with Gasteiger partial charge in [-0.25, -0.2) is 4.98 Å². The molecule has 3 heteroatoms. The number of anilines is 1. The van der Waals surface area contributed by atoms with E-state index in [4.69, 9.17) is 4.98 Å². The number of aromatic nitrogens is 1. The van der Waals surface area contributed by atoms with Gasteiger partial charge in [0.25, 0.3) is 0 Å². The summed E-state index contributed by atoms with van der Waals surface area (Å²) in [6.07, 6.45) is 1.94. The standard InChI is InChI=1S/C18H25N3/c1-6-11-21(18(2,3)4)17-16-10-8-7-9-14(16)12-15(20-17)13-19-5/h6-10,12,19H,1,11,13H2,2-5H3. The molecule has 0 radical (unpaired) electrons. The van der Waals surface area contributed by atoms with Gasteiger partial charge in [0.15, 0.2) is 0 Å². The molecule has 0 bridgehead atoms. The van der Waals surface area contributed by atoms with Gasteiger partial charge in [-0.15, -0.1) is 6.58 Å². The van der Waals surface area contributed by atoms with Gasteiger partial charge in [-0.05, 0) is 39.3 Å². The number of fused-ring (bicyclic) bond motifs is 1. The lowest BCUT2D eigenvalue weighted by molar-refractivity contribution is 0.518. The summed E-state index contributed by atoms with van der Waals surface area (Å²) in [5.74, 6) is 1.03. The molecule has 1 N–H and O–H groups in total. The molecule has 3 nitrogen and oxygen atoms in total. The van der Waals surface area contributed by atoms with Crippen LogP contribution in [-0.4, -0.2) is 24.1 Å². The van der Waals surface area contributed by atoms with Gasteiger partial charge in [-0.1, -0.05) is 30.3 Å². The number of nitrogens with one attached hydrogen (secondary N) is 1. The Kier molecular flexibility index (Phi) is 4.63. The van der Waals surface area contributed by atoms with Crippen molar-refractivity contribution in [2.24, 2.45) is 0 Å². The molecule has 0 aliphatic rings. The van der Waals surface area contributed by atoms with Crippen LogP contribution in [0.15, 0.2) is 43.0 Å². The fourth-order valence-corrected chi connectivity index (χ4v) is 2.52. The van der Waals surface area contributed by atoms with E-state index in [0.29, 0.717) is 0 Å². The molecule has 1 aromatic heterocycles. The molecule has 0 unspecified atom stereocenters. The van der Waals surface area contributed by atoms with Gasteiger partial charge in [0.2, 0.25) is 0 Å². The van der Waals surface area contributed by atoms with Crippen LogP contribution in [0.5, 0.6) is 0 Å². The molecule has 1 aromatic carbocycles. The first-order valence-electron chi connectivity index (χ1n) is 7.39. The van der Waals surface area contributed by atoms with Crippen LogP contribution in [0.1, 0.15) is 26.5 Å².